The van der Waals surface area contributed by atoms with Crippen molar-refractivity contribution in [1.29, 1.82) is 0 Å². The molecule has 0 radical (unpaired) electrons. The number of hydrogen-bond donors (Lipinski definition) is 2. The molecule has 0 aromatic carbocycles. The molecule has 1 aliphatic heterocycles. The Morgan fingerprint density at radius 1 is 1.64 bits per heavy atom. The van der Waals surface area contributed by atoms with E-state index in [0.29, 0.717) is 6.42 Å². The zero-order chi connectivity index (χ0) is 9.80. The predicted octanol–water partition coefficient (Wildman–Crippen LogP) is 0.167. The van der Waals surface area contributed by atoms with Crippen LogP contribution in [0, 0.1) is 0 Å². The molecule has 1 aromatic rings. The fourth-order valence-electron chi connectivity index (χ4n) is 1.45. The third-order valence-corrected chi connectivity index (χ3v) is 2.20. The SMILES string of the molecule is O=C1CCC(CNc2ccncn2)N1. The maximum Gasteiger partial charge on any atom is 0.220 e. The van der Waals surface area contributed by atoms with Gasteiger partial charge in [-0.25, -0.2) is 9.97 Å². The molecule has 0 saturated carbocycles. The highest BCUT2D eigenvalue weighted by molar-refractivity contribution is 5.78. The van der Waals surface area contributed by atoms with Gasteiger partial charge in [-0.05, 0) is 12.5 Å². The van der Waals surface area contributed by atoms with Gasteiger partial charge in [-0.15, -0.1) is 0 Å². The largest absolute Gasteiger partial charge is 0.368 e. The number of aromatic nitrogens is 2. The molecule has 5 nitrogen and oxygen atoms in total. The number of carbonyl (C=O) groups is 1. The van der Waals surface area contributed by atoms with E-state index < -0.39 is 0 Å². The second-order valence-electron chi connectivity index (χ2n) is 3.28. The first-order valence-corrected chi connectivity index (χ1v) is 4.64. The van der Waals surface area contributed by atoms with E-state index >= 15 is 0 Å². The fourth-order valence-corrected chi connectivity index (χ4v) is 1.45. The van der Waals surface area contributed by atoms with Crippen molar-refractivity contribution in [1.82, 2.24) is 15.3 Å². The molecule has 1 aromatic heterocycles. The summed E-state index contributed by atoms with van der Waals surface area (Å²) in [5.74, 6) is 0.931. The van der Waals surface area contributed by atoms with Crippen LogP contribution in [-0.4, -0.2) is 28.5 Å². The molecule has 1 amide bonds. The quantitative estimate of drug-likeness (QED) is 0.716. The van der Waals surface area contributed by atoms with Gasteiger partial charge in [-0.1, -0.05) is 0 Å². The molecular formula is C9H12N4O. The second kappa shape index (κ2) is 4.04. The average Bonchev–Trinajstić information content (AvgIpc) is 2.63. The van der Waals surface area contributed by atoms with E-state index in [9.17, 15) is 4.79 Å². The molecule has 74 valence electrons. The number of nitrogens with zero attached hydrogens (tertiary/aromatic N) is 2. The van der Waals surface area contributed by atoms with Crippen LogP contribution in [-0.2, 0) is 4.79 Å². The minimum Gasteiger partial charge on any atom is -0.368 e. The first kappa shape index (κ1) is 8.93. The molecule has 0 spiro atoms. The average molecular weight is 192 g/mol. The second-order valence-corrected chi connectivity index (χ2v) is 3.28. The smallest absolute Gasteiger partial charge is 0.220 e. The van der Waals surface area contributed by atoms with E-state index in [1.165, 1.54) is 6.33 Å². The number of anilines is 1. The van der Waals surface area contributed by atoms with E-state index in [1.54, 1.807) is 12.3 Å². The van der Waals surface area contributed by atoms with Crippen molar-refractivity contribution >= 4 is 11.7 Å². The Morgan fingerprint density at radius 3 is 3.21 bits per heavy atom. The molecule has 1 saturated heterocycles. The molecule has 5 heteroatoms. The summed E-state index contributed by atoms with van der Waals surface area (Å²) in [6.45, 7) is 0.725. The van der Waals surface area contributed by atoms with Gasteiger partial charge in [0, 0.05) is 25.2 Å². The van der Waals surface area contributed by atoms with Crippen molar-refractivity contribution in [3.63, 3.8) is 0 Å². The minimum atomic E-state index is 0.138. The Labute approximate surface area is 82.0 Å². The van der Waals surface area contributed by atoms with Crippen LogP contribution in [0.2, 0.25) is 0 Å². The topological polar surface area (TPSA) is 66.9 Å². The van der Waals surface area contributed by atoms with Crippen molar-refractivity contribution < 1.29 is 4.79 Å². The molecular weight excluding hydrogens is 180 g/mol. The van der Waals surface area contributed by atoms with Gasteiger partial charge in [0.2, 0.25) is 5.91 Å². The van der Waals surface area contributed by atoms with E-state index in [2.05, 4.69) is 20.6 Å². The van der Waals surface area contributed by atoms with Gasteiger partial charge >= 0.3 is 0 Å². The first-order valence-electron chi connectivity index (χ1n) is 4.64. The molecule has 1 atom stereocenters. The molecule has 1 unspecified atom stereocenters. The first-order chi connectivity index (χ1) is 6.84. The third kappa shape index (κ3) is 2.18. The van der Waals surface area contributed by atoms with Crippen LogP contribution < -0.4 is 10.6 Å². The van der Waals surface area contributed by atoms with Gasteiger partial charge in [0.05, 0.1) is 0 Å². The van der Waals surface area contributed by atoms with Crippen LogP contribution in [0.5, 0.6) is 0 Å². The standard InChI is InChI=1S/C9H12N4O/c14-9-2-1-7(13-9)5-11-8-3-4-10-6-12-8/h3-4,6-7H,1-2,5H2,(H,13,14)(H,10,11,12). The number of hydrogen-bond acceptors (Lipinski definition) is 4. The fraction of sp³-hybridized carbons (Fsp3) is 0.444. The van der Waals surface area contributed by atoms with Gasteiger partial charge in [0.1, 0.15) is 12.1 Å². The summed E-state index contributed by atoms with van der Waals surface area (Å²) in [5, 5.41) is 6.02. The van der Waals surface area contributed by atoms with E-state index in [1.807, 2.05) is 0 Å². The van der Waals surface area contributed by atoms with Crippen LogP contribution in [0.3, 0.4) is 0 Å². The molecule has 2 heterocycles. The van der Waals surface area contributed by atoms with Crippen molar-refractivity contribution in [2.75, 3.05) is 11.9 Å². The summed E-state index contributed by atoms with van der Waals surface area (Å²) in [5.41, 5.74) is 0. The Balaban J connectivity index is 1.80. The van der Waals surface area contributed by atoms with Crippen molar-refractivity contribution in [2.45, 2.75) is 18.9 Å². The van der Waals surface area contributed by atoms with Gasteiger partial charge in [-0.3, -0.25) is 4.79 Å². The molecule has 14 heavy (non-hydrogen) atoms. The zero-order valence-corrected chi connectivity index (χ0v) is 7.73. The van der Waals surface area contributed by atoms with Crippen LogP contribution in [0.1, 0.15) is 12.8 Å². The predicted molar refractivity (Wildman–Crippen MR) is 51.7 cm³/mol. The van der Waals surface area contributed by atoms with Gasteiger partial charge in [0.25, 0.3) is 0 Å². The van der Waals surface area contributed by atoms with Gasteiger partial charge < -0.3 is 10.6 Å². The highest BCUT2D eigenvalue weighted by Gasteiger charge is 2.19. The molecule has 2 rings (SSSR count). The minimum absolute atomic E-state index is 0.138. The summed E-state index contributed by atoms with van der Waals surface area (Å²) in [4.78, 5) is 18.7. The maximum absolute atomic E-state index is 10.9. The van der Waals surface area contributed by atoms with Crippen LogP contribution >= 0.6 is 0 Å². The van der Waals surface area contributed by atoms with Gasteiger partial charge in [0.15, 0.2) is 0 Å². The number of amides is 1. The zero-order valence-electron chi connectivity index (χ0n) is 7.73. The highest BCUT2D eigenvalue weighted by atomic mass is 16.1. The van der Waals surface area contributed by atoms with E-state index in [4.69, 9.17) is 0 Å². The molecule has 1 fully saturated rings. The Morgan fingerprint density at radius 2 is 2.57 bits per heavy atom. The number of carbonyl (C=O) groups excluding carboxylic acids is 1. The molecule has 1 aliphatic rings. The van der Waals surface area contributed by atoms with E-state index in [-0.39, 0.29) is 11.9 Å². The lowest BCUT2D eigenvalue weighted by molar-refractivity contribution is -0.119. The third-order valence-electron chi connectivity index (χ3n) is 2.20. The lowest BCUT2D eigenvalue weighted by atomic mass is 10.2. The number of rotatable bonds is 3. The Hall–Kier alpha value is -1.65. The molecule has 0 bridgehead atoms. The summed E-state index contributed by atoms with van der Waals surface area (Å²) >= 11 is 0. The summed E-state index contributed by atoms with van der Waals surface area (Å²) in [6, 6.07) is 2.04. The number of nitrogens with one attached hydrogen (secondary N) is 2. The van der Waals surface area contributed by atoms with Crippen molar-refractivity contribution in [3.05, 3.63) is 18.6 Å². The Bertz CT molecular complexity index is 314. The lowest BCUT2D eigenvalue weighted by Gasteiger charge is -2.10. The maximum atomic E-state index is 10.9. The Kier molecular flexibility index (Phi) is 2.58. The van der Waals surface area contributed by atoms with Crippen LogP contribution in [0.15, 0.2) is 18.6 Å². The monoisotopic (exact) mass is 192 g/mol. The normalized spacial score (nSPS) is 20.6. The summed E-state index contributed by atoms with van der Waals surface area (Å²) < 4.78 is 0. The van der Waals surface area contributed by atoms with E-state index in [0.717, 1.165) is 18.8 Å². The molecule has 2 N–H and O–H groups in total. The molecule has 0 aliphatic carbocycles. The van der Waals surface area contributed by atoms with Gasteiger partial charge in [-0.2, -0.15) is 0 Å². The van der Waals surface area contributed by atoms with Crippen molar-refractivity contribution in [3.8, 4) is 0 Å². The van der Waals surface area contributed by atoms with Crippen LogP contribution in [0.25, 0.3) is 0 Å². The summed E-state index contributed by atoms with van der Waals surface area (Å²) in [6.07, 6.45) is 4.71. The van der Waals surface area contributed by atoms with Crippen molar-refractivity contribution in [2.24, 2.45) is 0 Å². The van der Waals surface area contributed by atoms with Crippen LogP contribution in [0.4, 0.5) is 5.82 Å². The summed E-state index contributed by atoms with van der Waals surface area (Å²) in [7, 11) is 0. The highest BCUT2D eigenvalue weighted by Crippen LogP contribution is 2.07. The lowest BCUT2D eigenvalue weighted by Crippen LogP contribution is -2.31.